The highest BCUT2D eigenvalue weighted by molar-refractivity contribution is 7.11. The van der Waals surface area contributed by atoms with Crippen molar-refractivity contribution < 1.29 is 9.53 Å². The van der Waals surface area contributed by atoms with Crippen LogP contribution in [0.4, 0.5) is 0 Å². The molecule has 100 valence electrons. The highest BCUT2D eigenvalue weighted by atomic mass is 32.1. The molecule has 1 aliphatic rings. The Morgan fingerprint density at radius 2 is 2.42 bits per heavy atom. The fraction of sp³-hybridized carbons (Fsp3) is 0.385. The first-order valence-corrected chi connectivity index (χ1v) is 7.93. The third-order valence-corrected chi connectivity index (χ3v) is 4.62. The summed E-state index contributed by atoms with van der Waals surface area (Å²) < 4.78 is 5.75. The fourth-order valence-electron chi connectivity index (χ4n) is 2.14. The largest absolute Gasteiger partial charge is 0.465 e. The zero-order valence-electron chi connectivity index (χ0n) is 10.3. The average Bonchev–Trinajstić information content (AvgIpc) is 3.10. The van der Waals surface area contributed by atoms with Gasteiger partial charge in [0, 0.05) is 29.4 Å². The molecule has 0 N–H and O–H groups in total. The molecule has 4 nitrogen and oxygen atoms in total. The number of carbonyl (C=O) groups is 1. The van der Waals surface area contributed by atoms with Crippen LogP contribution >= 0.6 is 22.7 Å². The molecule has 2 aromatic rings. The number of thiazole rings is 1. The van der Waals surface area contributed by atoms with E-state index in [1.165, 1.54) is 11.3 Å². The van der Waals surface area contributed by atoms with Gasteiger partial charge in [-0.3, -0.25) is 4.79 Å². The van der Waals surface area contributed by atoms with Gasteiger partial charge in [-0.05, 0) is 11.4 Å². The van der Waals surface area contributed by atoms with Crippen molar-refractivity contribution in [1.82, 2.24) is 9.88 Å². The van der Waals surface area contributed by atoms with E-state index in [-0.39, 0.29) is 12.0 Å². The van der Waals surface area contributed by atoms with Gasteiger partial charge in [-0.25, -0.2) is 4.98 Å². The molecular weight excluding hydrogens is 280 g/mol. The number of carbonyl (C=O) groups excluding carboxylic acids is 1. The minimum atomic E-state index is 0.0819. The van der Waals surface area contributed by atoms with Crippen LogP contribution in [0.2, 0.25) is 0 Å². The second-order valence-electron chi connectivity index (χ2n) is 4.42. The molecule has 3 heterocycles. The van der Waals surface area contributed by atoms with Crippen molar-refractivity contribution in [3.05, 3.63) is 34.0 Å². The second-order valence-corrected chi connectivity index (χ2v) is 6.31. The lowest BCUT2D eigenvalue weighted by atomic mass is 10.3. The van der Waals surface area contributed by atoms with Crippen molar-refractivity contribution in [2.45, 2.75) is 18.9 Å². The summed E-state index contributed by atoms with van der Waals surface area (Å²) in [6.07, 6.45) is 3.20. The van der Waals surface area contributed by atoms with Crippen LogP contribution in [0.5, 0.6) is 5.19 Å². The van der Waals surface area contributed by atoms with Crippen LogP contribution in [0, 0.1) is 0 Å². The predicted molar refractivity (Wildman–Crippen MR) is 75.8 cm³/mol. The van der Waals surface area contributed by atoms with Crippen molar-refractivity contribution in [3.8, 4) is 5.19 Å². The zero-order chi connectivity index (χ0) is 13.1. The van der Waals surface area contributed by atoms with E-state index in [2.05, 4.69) is 4.98 Å². The summed E-state index contributed by atoms with van der Waals surface area (Å²) in [7, 11) is 0. The molecule has 0 aromatic carbocycles. The molecular formula is C13H14N2O2S2. The highest BCUT2D eigenvalue weighted by Gasteiger charge is 2.28. The van der Waals surface area contributed by atoms with Crippen molar-refractivity contribution >= 4 is 28.6 Å². The van der Waals surface area contributed by atoms with Gasteiger partial charge in [-0.2, -0.15) is 0 Å². The van der Waals surface area contributed by atoms with Crippen LogP contribution in [0.15, 0.2) is 29.1 Å². The van der Waals surface area contributed by atoms with E-state index in [1.54, 1.807) is 17.5 Å². The topological polar surface area (TPSA) is 42.4 Å². The number of thiophene rings is 1. The normalized spacial score (nSPS) is 18.7. The summed E-state index contributed by atoms with van der Waals surface area (Å²) in [4.78, 5) is 19.2. The second kappa shape index (κ2) is 5.71. The molecule has 19 heavy (non-hydrogen) atoms. The number of hydrogen-bond acceptors (Lipinski definition) is 5. The Kier molecular flexibility index (Phi) is 3.79. The van der Waals surface area contributed by atoms with Crippen molar-refractivity contribution in [3.63, 3.8) is 0 Å². The maximum Gasteiger partial charge on any atom is 0.273 e. The van der Waals surface area contributed by atoms with Gasteiger partial charge in [0.15, 0.2) is 0 Å². The molecule has 1 atom stereocenters. The summed E-state index contributed by atoms with van der Waals surface area (Å²) in [6.45, 7) is 1.45. The number of likely N-dealkylation sites (tertiary alicyclic amines) is 1. The molecule has 0 aliphatic carbocycles. The zero-order valence-corrected chi connectivity index (χ0v) is 12.0. The Morgan fingerprint density at radius 3 is 3.16 bits per heavy atom. The molecule has 2 aromatic heterocycles. The Labute approximate surface area is 119 Å². The monoisotopic (exact) mass is 294 g/mol. The highest BCUT2D eigenvalue weighted by Crippen LogP contribution is 2.21. The quantitative estimate of drug-likeness (QED) is 0.870. The Bertz CT molecular complexity index is 525. The molecule has 1 fully saturated rings. The standard InChI is InChI=1S/C13H14N2O2S2/c16-12(8-11-2-1-6-18-11)15-5-3-10(9-15)17-13-14-4-7-19-13/h1-2,4,6-7,10H,3,5,8-9H2. The van der Waals surface area contributed by atoms with Crippen molar-refractivity contribution in [2.24, 2.45) is 0 Å². The summed E-state index contributed by atoms with van der Waals surface area (Å²) in [6, 6.07) is 3.98. The van der Waals surface area contributed by atoms with Crippen molar-refractivity contribution in [1.29, 1.82) is 0 Å². The van der Waals surface area contributed by atoms with Crippen LogP contribution in [0.25, 0.3) is 0 Å². The number of aromatic nitrogens is 1. The number of hydrogen-bond donors (Lipinski definition) is 0. The van der Waals surface area contributed by atoms with Crippen LogP contribution in [-0.2, 0) is 11.2 Å². The fourth-order valence-corrected chi connectivity index (χ4v) is 3.38. The van der Waals surface area contributed by atoms with Gasteiger partial charge >= 0.3 is 0 Å². The molecule has 0 saturated carbocycles. The molecule has 0 radical (unpaired) electrons. The van der Waals surface area contributed by atoms with Crippen molar-refractivity contribution in [2.75, 3.05) is 13.1 Å². The Morgan fingerprint density at radius 1 is 1.47 bits per heavy atom. The Balaban J connectivity index is 1.52. The number of rotatable bonds is 4. The first kappa shape index (κ1) is 12.6. The van der Waals surface area contributed by atoms with E-state index in [0.29, 0.717) is 18.2 Å². The minimum absolute atomic E-state index is 0.0819. The molecule has 0 spiro atoms. The van der Waals surface area contributed by atoms with Gasteiger partial charge in [-0.15, -0.1) is 11.3 Å². The maximum atomic E-state index is 12.1. The molecule has 6 heteroatoms. The molecule has 3 rings (SSSR count). The molecule has 0 bridgehead atoms. The van der Waals surface area contributed by atoms with Gasteiger partial charge in [0.2, 0.25) is 5.91 Å². The molecule has 1 amide bonds. The third-order valence-electron chi connectivity index (χ3n) is 3.08. The van der Waals surface area contributed by atoms with Gasteiger partial charge in [0.1, 0.15) is 6.10 Å². The van der Waals surface area contributed by atoms with Gasteiger partial charge in [0.25, 0.3) is 5.19 Å². The third kappa shape index (κ3) is 3.13. The number of amides is 1. The average molecular weight is 294 g/mol. The lowest BCUT2D eigenvalue weighted by Gasteiger charge is -2.16. The summed E-state index contributed by atoms with van der Waals surface area (Å²) in [5.41, 5.74) is 0. The van der Waals surface area contributed by atoms with Gasteiger partial charge < -0.3 is 9.64 Å². The number of nitrogens with zero attached hydrogens (tertiary/aromatic N) is 2. The van der Waals surface area contributed by atoms with E-state index in [9.17, 15) is 4.79 Å². The predicted octanol–water partition coefficient (Wildman–Crippen LogP) is 2.43. The lowest BCUT2D eigenvalue weighted by Crippen LogP contribution is -2.31. The van der Waals surface area contributed by atoms with E-state index in [4.69, 9.17) is 4.74 Å². The lowest BCUT2D eigenvalue weighted by molar-refractivity contribution is -0.129. The van der Waals surface area contributed by atoms with Crippen LogP contribution in [-0.4, -0.2) is 35.0 Å². The van der Waals surface area contributed by atoms with Gasteiger partial charge in [-0.1, -0.05) is 17.4 Å². The minimum Gasteiger partial charge on any atom is -0.465 e. The summed E-state index contributed by atoms with van der Waals surface area (Å²) in [5.74, 6) is 0.188. The first-order chi connectivity index (χ1) is 9.31. The number of ether oxygens (including phenoxy) is 1. The van der Waals surface area contributed by atoms with Gasteiger partial charge in [0.05, 0.1) is 13.0 Å². The molecule has 1 aliphatic heterocycles. The molecule has 1 saturated heterocycles. The van der Waals surface area contributed by atoms with Crippen LogP contribution in [0.3, 0.4) is 0 Å². The van der Waals surface area contributed by atoms with E-state index < -0.39 is 0 Å². The smallest absolute Gasteiger partial charge is 0.273 e. The Hall–Kier alpha value is -1.40. The van der Waals surface area contributed by atoms with E-state index >= 15 is 0 Å². The maximum absolute atomic E-state index is 12.1. The van der Waals surface area contributed by atoms with Crippen LogP contribution in [0.1, 0.15) is 11.3 Å². The van der Waals surface area contributed by atoms with Crippen LogP contribution < -0.4 is 4.74 Å². The summed E-state index contributed by atoms with van der Waals surface area (Å²) in [5, 5.41) is 4.59. The van der Waals surface area contributed by atoms with E-state index in [0.717, 1.165) is 17.8 Å². The SMILES string of the molecule is O=C(Cc1cccs1)N1CCC(Oc2nccs2)C1. The van der Waals surface area contributed by atoms with E-state index in [1.807, 2.05) is 27.8 Å². The summed E-state index contributed by atoms with van der Waals surface area (Å²) >= 11 is 3.12. The first-order valence-electron chi connectivity index (χ1n) is 6.17. The molecule has 1 unspecified atom stereocenters.